The van der Waals surface area contributed by atoms with Crippen LogP contribution in [0.1, 0.15) is 30.4 Å². The zero-order valence-corrected chi connectivity index (χ0v) is 14.7. The molecular formula is C21H28ClN. The number of rotatable bonds is 6. The maximum atomic E-state index is 2.64. The number of likely N-dealkylation sites (tertiary alicyclic amines) is 1. The van der Waals surface area contributed by atoms with Gasteiger partial charge in [0.2, 0.25) is 0 Å². The number of nitrogens with zero attached hydrogens (tertiary/aromatic N) is 1. The summed E-state index contributed by atoms with van der Waals surface area (Å²) in [5, 5.41) is 0. The molecule has 0 aromatic heterocycles. The lowest BCUT2D eigenvalue weighted by molar-refractivity contribution is 0.181. The minimum atomic E-state index is 0. The second kappa shape index (κ2) is 9.75. The summed E-state index contributed by atoms with van der Waals surface area (Å²) in [5.74, 6) is 0.924. The number of hydrogen-bond acceptors (Lipinski definition) is 1. The molecule has 124 valence electrons. The normalized spacial score (nSPS) is 16.0. The third-order valence-corrected chi connectivity index (χ3v) is 4.95. The van der Waals surface area contributed by atoms with Crippen LogP contribution >= 0.6 is 12.4 Å². The van der Waals surface area contributed by atoms with Gasteiger partial charge in [-0.2, -0.15) is 0 Å². The molecule has 0 amide bonds. The van der Waals surface area contributed by atoms with Gasteiger partial charge in [0.15, 0.2) is 0 Å². The van der Waals surface area contributed by atoms with Crippen molar-refractivity contribution in [3.05, 3.63) is 71.8 Å². The fourth-order valence-electron chi connectivity index (χ4n) is 3.45. The minimum absolute atomic E-state index is 0. The highest BCUT2D eigenvalue weighted by molar-refractivity contribution is 5.85. The Kier molecular flexibility index (Phi) is 7.64. The molecule has 1 nitrogen and oxygen atoms in total. The van der Waals surface area contributed by atoms with E-state index in [-0.39, 0.29) is 12.4 Å². The molecule has 0 unspecified atom stereocenters. The molecule has 1 saturated heterocycles. The maximum Gasteiger partial charge on any atom is 0.00218 e. The van der Waals surface area contributed by atoms with Crippen molar-refractivity contribution in [1.29, 1.82) is 0 Å². The van der Waals surface area contributed by atoms with E-state index in [1.54, 1.807) is 0 Å². The van der Waals surface area contributed by atoms with Crippen molar-refractivity contribution in [2.24, 2.45) is 5.92 Å². The monoisotopic (exact) mass is 329 g/mol. The fraction of sp³-hybridized carbons (Fsp3) is 0.429. The Balaban J connectivity index is 0.00000192. The summed E-state index contributed by atoms with van der Waals surface area (Å²) in [7, 11) is 0. The molecule has 1 fully saturated rings. The van der Waals surface area contributed by atoms with Crippen LogP contribution in [0.5, 0.6) is 0 Å². The van der Waals surface area contributed by atoms with Crippen molar-refractivity contribution in [3.63, 3.8) is 0 Å². The third kappa shape index (κ3) is 6.01. The van der Waals surface area contributed by atoms with Crippen LogP contribution in [0.25, 0.3) is 0 Å². The molecule has 0 aliphatic carbocycles. The molecule has 1 heterocycles. The Morgan fingerprint density at radius 1 is 0.739 bits per heavy atom. The zero-order chi connectivity index (χ0) is 15.0. The first-order valence-electron chi connectivity index (χ1n) is 8.70. The standard InChI is InChI=1S/C21H27N.ClH/c1-3-7-19(8-4-1)11-12-21-14-17-22(18-15-21)16-13-20-9-5-2-6-10-20;/h1-10,21H,11-18H2;1H. The molecule has 1 aliphatic heterocycles. The lowest BCUT2D eigenvalue weighted by Gasteiger charge is -2.32. The van der Waals surface area contributed by atoms with Gasteiger partial charge in [-0.05, 0) is 62.2 Å². The van der Waals surface area contributed by atoms with Crippen molar-refractivity contribution in [3.8, 4) is 0 Å². The van der Waals surface area contributed by atoms with E-state index >= 15 is 0 Å². The molecule has 0 saturated carbocycles. The van der Waals surface area contributed by atoms with E-state index in [0.29, 0.717) is 0 Å². The largest absolute Gasteiger partial charge is 0.303 e. The van der Waals surface area contributed by atoms with Crippen molar-refractivity contribution in [2.45, 2.75) is 32.1 Å². The van der Waals surface area contributed by atoms with Crippen LogP contribution < -0.4 is 0 Å². The van der Waals surface area contributed by atoms with Crippen molar-refractivity contribution < 1.29 is 0 Å². The number of benzene rings is 2. The summed E-state index contributed by atoms with van der Waals surface area (Å²) >= 11 is 0. The Morgan fingerprint density at radius 3 is 1.83 bits per heavy atom. The average molecular weight is 330 g/mol. The third-order valence-electron chi connectivity index (χ3n) is 4.95. The first-order valence-corrected chi connectivity index (χ1v) is 8.70. The Morgan fingerprint density at radius 2 is 1.26 bits per heavy atom. The number of hydrogen-bond donors (Lipinski definition) is 0. The topological polar surface area (TPSA) is 3.24 Å². The molecule has 3 rings (SSSR count). The summed E-state index contributed by atoms with van der Waals surface area (Å²) < 4.78 is 0. The maximum absolute atomic E-state index is 2.64. The van der Waals surface area contributed by atoms with Crippen LogP contribution in [0.4, 0.5) is 0 Å². The van der Waals surface area contributed by atoms with Gasteiger partial charge in [0, 0.05) is 6.54 Å². The first kappa shape index (κ1) is 18.0. The van der Waals surface area contributed by atoms with Crippen LogP contribution in [-0.2, 0) is 12.8 Å². The Bertz CT molecular complexity index is 481. The van der Waals surface area contributed by atoms with Gasteiger partial charge in [-0.25, -0.2) is 0 Å². The molecule has 2 aromatic rings. The number of halogens is 1. The van der Waals surface area contributed by atoms with Gasteiger partial charge in [0.1, 0.15) is 0 Å². The lowest BCUT2D eigenvalue weighted by Crippen LogP contribution is -2.35. The van der Waals surface area contributed by atoms with Crippen LogP contribution in [0.15, 0.2) is 60.7 Å². The number of aryl methyl sites for hydroxylation is 1. The van der Waals surface area contributed by atoms with Crippen LogP contribution in [-0.4, -0.2) is 24.5 Å². The van der Waals surface area contributed by atoms with E-state index < -0.39 is 0 Å². The van der Waals surface area contributed by atoms with E-state index in [0.717, 1.165) is 5.92 Å². The molecule has 1 aliphatic rings. The SMILES string of the molecule is Cl.c1ccc(CCC2CCN(CCc3ccccc3)CC2)cc1. The van der Waals surface area contributed by atoms with Gasteiger partial charge in [0.25, 0.3) is 0 Å². The highest BCUT2D eigenvalue weighted by Crippen LogP contribution is 2.22. The Labute approximate surface area is 147 Å². The van der Waals surface area contributed by atoms with Crippen molar-refractivity contribution >= 4 is 12.4 Å². The summed E-state index contributed by atoms with van der Waals surface area (Å²) in [6, 6.07) is 21.8. The molecule has 2 aromatic carbocycles. The van der Waals surface area contributed by atoms with Crippen LogP contribution in [0, 0.1) is 5.92 Å². The second-order valence-corrected chi connectivity index (χ2v) is 6.54. The van der Waals surface area contributed by atoms with Crippen LogP contribution in [0.3, 0.4) is 0 Å². The van der Waals surface area contributed by atoms with Gasteiger partial charge in [-0.3, -0.25) is 0 Å². The Hall–Kier alpha value is -1.31. The van der Waals surface area contributed by atoms with E-state index in [4.69, 9.17) is 0 Å². The summed E-state index contributed by atoms with van der Waals surface area (Å²) in [4.78, 5) is 2.64. The first-order chi connectivity index (χ1) is 10.9. The van der Waals surface area contributed by atoms with Gasteiger partial charge in [-0.1, -0.05) is 60.7 Å². The smallest absolute Gasteiger partial charge is 0.00218 e. The van der Waals surface area contributed by atoms with Gasteiger partial charge < -0.3 is 4.90 Å². The molecule has 0 bridgehead atoms. The molecule has 0 atom stereocenters. The summed E-state index contributed by atoms with van der Waals surface area (Å²) in [6.45, 7) is 3.79. The predicted octanol–water partition coefficient (Wildman–Crippen LogP) is 5.00. The molecule has 0 N–H and O–H groups in total. The quantitative estimate of drug-likeness (QED) is 0.721. The average Bonchev–Trinajstić information content (AvgIpc) is 2.61. The van der Waals surface area contributed by atoms with Crippen LogP contribution in [0.2, 0.25) is 0 Å². The summed E-state index contributed by atoms with van der Waals surface area (Å²) in [5.41, 5.74) is 2.96. The second-order valence-electron chi connectivity index (χ2n) is 6.54. The van der Waals surface area contributed by atoms with E-state index in [9.17, 15) is 0 Å². The predicted molar refractivity (Wildman–Crippen MR) is 101 cm³/mol. The van der Waals surface area contributed by atoms with Crippen molar-refractivity contribution in [2.75, 3.05) is 19.6 Å². The molecule has 0 radical (unpaired) electrons. The highest BCUT2D eigenvalue weighted by Gasteiger charge is 2.18. The highest BCUT2D eigenvalue weighted by atomic mass is 35.5. The molecule has 0 spiro atoms. The number of piperidine rings is 1. The van der Waals surface area contributed by atoms with Gasteiger partial charge >= 0.3 is 0 Å². The van der Waals surface area contributed by atoms with E-state index in [2.05, 4.69) is 65.6 Å². The van der Waals surface area contributed by atoms with Crippen molar-refractivity contribution in [1.82, 2.24) is 4.90 Å². The van der Waals surface area contributed by atoms with Gasteiger partial charge in [0.05, 0.1) is 0 Å². The summed E-state index contributed by atoms with van der Waals surface area (Å²) in [6.07, 6.45) is 6.55. The zero-order valence-electron chi connectivity index (χ0n) is 13.9. The van der Waals surface area contributed by atoms with E-state index in [1.807, 2.05) is 0 Å². The minimum Gasteiger partial charge on any atom is -0.303 e. The molecular weight excluding hydrogens is 302 g/mol. The molecule has 23 heavy (non-hydrogen) atoms. The molecule has 2 heteroatoms. The van der Waals surface area contributed by atoms with E-state index in [1.165, 1.54) is 62.9 Å². The fourth-order valence-corrected chi connectivity index (χ4v) is 3.45. The lowest BCUT2D eigenvalue weighted by atomic mass is 9.90. The van der Waals surface area contributed by atoms with Gasteiger partial charge in [-0.15, -0.1) is 12.4 Å².